The molecule has 0 rings (SSSR count). The van der Waals surface area contributed by atoms with Crippen molar-refractivity contribution in [3.8, 4) is 0 Å². The Balaban J connectivity index is 2.54. The summed E-state index contributed by atoms with van der Waals surface area (Å²) in [6.45, 7) is 1.72. The zero-order valence-corrected chi connectivity index (χ0v) is 3.89. The molecule has 2 heteroatoms. The predicted molar refractivity (Wildman–Crippen MR) is 22.8 cm³/mol. The van der Waals surface area contributed by atoms with Gasteiger partial charge in [-0.1, -0.05) is 19.6 Å². The molecule has 0 saturated carbocycles. The van der Waals surface area contributed by atoms with Crippen molar-refractivity contribution in [2.45, 2.75) is 18.8 Å². The van der Waals surface area contributed by atoms with Crippen LogP contribution in [-0.4, -0.2) is 5.50 Å². The molecule has 0 aromatic heterocycles. The zero-order chi connectivity index (χ0) is 4.28. The van der Waals surface area contributed by atoms with Gasteiger partial charge in [0.05, 0.1) is 0 Å². The molecule has 31 valence electrons. The molecule has 1 atom stereocenters. The lowest BCUT2D eigenvalue weighted by atomic mass is 10.6. The van der Waals surface area contributed by atoms with Crippen LogP contribution in [0.5, 0.6) is 0 Å². The third kappa shape index (κ3) is 4.28. The number of hydrogen-bond acceptors (Lipinski definition) is 0. The lowest BCUT2D eigenvalue weighted by Gasteiger charge is -1.83. The maximum absolute atomic E-state index is 11.2. The molecule has 0 N–H and O–H groups in total. The largest absolute Gasteiger partial charge is 0.235 e. The minimum Gasteiger partial charge on any atom is -0.235 e. The molecule has 0 unspecified atom stereocenters. The van der Waals surface area contributed by atoms with Gasteiger partial charge in [-0.25, -0.2) is 4.39 Å². The highest BCUT2D eigenvalue weighted by atomic mass is 32.1. The van der Waals surface area contributed by atoms with E-state index in [2.05, 4.69) is 12.6 Å². The lowest BCUT2D eigenvalue weighted by Crippen LogP contribution is -1.78. The standard InChI is InChI=1S/C3H6FS/c1-2-3(4)5/h3H,2H2,1H3/t3-/m0/s1. The Morgan fingerprint density at radius 2 is 2.20 bits per heavy atom. The van der Waals surface area contributed by atoms with E-state index in [1.54, 1.807) is 6.92 Å². The van der Waals surface area contributed by atoms with E-state index < -0.39 is 5.50 Å². The van der Waals surface area contributed by atoms with Crippen LogP contribution in [0.1, 0.15) is 13.3 Å². The number of halogens is 1. The highest BCUT2D eigenvalue weighted by Gasteiger charge is 1.88. The molecular weight excluding hydrogens is 87.1 g/mol. The Morgan fingerprint density at radius 1 is 2.00 bits per heavy atom. The Hall–Kier alpha value is 0.280. The molecule has 1 radical (unpaired) electrons. The van der Waals surface area contributed by atoms with E-state index in [0.717, 1.165) is 0 Å². The molecule has 0 saturated heterocycles. The first-order valence-corrected chi connectivity index (χ1v) is 2.04. The van der Waals surface area contributed by atoms with Crippen molar-refractivity contribution < 1.29 is 4.39 Å². The molecule has 5 heavy (non-hydrogen) atoms. The second-order valence-corrected chi connectivity index (χ2v) is 1.33. The van der Waals surface area contributed by atoms with Gasteiger partial charge >= 0.3 is 0 Å². The second-order valence-electron chi connectivity index (χ2n) is 0.818. The predicted octanol–water partition coefficient (Wildman–Crippen LogP) is 1.89. The third-order valence-electron chi connectivity index (χ3n) is 0.321. The summed E-state index contributed by atoms with van der Waals surface area (Å²) in [4.78, 5) is 0. The summed E-state index contributed by atoms with van der Waals surface area (Å²) in [6, 6.07) is 0. The molecule has 0 amide bonds. The van der Waals surface area contributed by atoms with Gasteiger partial charge in [0, 0.05) is 0 Å². The second kappa shape index (κ2) is 2.51. The molecule has 0 aliphatic carbocycles. The molecule has 0 heterocycles. The van der Waals surface area contributed by atoms with Crippen LogP contribution in [0.15, 0.2) is 0 Å². The van der Waals surface area contributed by atoms with Crippen molar-refractivity contribution in [2.24, 2.45) is 0 Å². The topological polar surface area (TPSA) is 0 Å². The van der Waals surface area contributed by atoms with Crippen LogP contribution in [0.4, 0.5) is 4.39 Å². The summed E-state index contributed by atoms with van der Waals surface area (Å²) in [5.41, 5.74) is -1.03. The molecule has 0 bridgehead atoms. The fraction of sp³-hybridized carbons (Fsp3) is 1.00. The molecular formula is C3H6FS. The van der Waals surface area contributed by atoms with Gasteiger partial charge in [-0.3, -0.25) is 0 Å². The van der Waals surface area contributed by atoms with Gasteiger partial charge in [0.25, 0.3) is 0 Å². The van der Waals surface area contributed by atoms with Crippen molar-refractivity contribution >= 4 is 12.6 Å². The average Bonchev–Trinajstić information content (AvgIpc) is 1.38. The average molecular weight is 93.1 g/mol. The lowest BCUT2D eigenvalue weighted by molar-refractivity contribution is 0.446. The number of hydrogen-bond donors (Lipinski definition) is 0. The first-order chi connectivity index (χ1) is 2.27. The van der Waals surface area contributed by atoms with Gasteiger partial charge in [-0.05, 0) is 6.42 Å². The molecule has 0 aromatic rings. The summed E-state index contributed by atoms with van der Waals surface area (Å²) >= 11 is 4.11. The third-order valence-corrected chi connectivity index (χ3v) is 0.654. The first-order valence-electron chi connectivity index (χ1n) is 1.57. The van der Waals surface area contributed by atoms with Crippen molar-refractivity contribution in [2.75, 3.05) is 0 Å². The molecule has 0 aromatic carbocycles. The van der Waals surface area contributed by atoms with Crippen molar-refractivity contribution in [1.29, 1.82) is 0 Å². The summed E-state index contributed by atoms with van der Waals surface area (Å²) < 4.78 is 11.2. The Morgan fingerprint density at radius 3 is 2.20 bits per heavy atom. The minimum atomic E-state index is -1.03. The quantitative estimate of drug-likeness (QED) is 0.464. The van der Waals surface area contributed by atoms with Gasteiger partial charge in [-0.2, -0.15) is 0 Å². The fourth-order valence-corrected chi connectivity index (χ4v) is 0. The highest BCUT2D eigenvalue weighted by Crippen LogP contribution is 1.98. The Kier molecular flexibility index (Phi) is 2.65. The smallest absolute Gasteiger partial charge is 0.155 e. The van der Waals surface area contributed by atoms with E-state index in [9.17, 15) is 4.39 Å². The van der Waals surface area contributed by atoms with E-state index in [0.29, 0.717) is 6.42 Å². The number of rotatable bonds is 1. The first kappa shape index (κ1) is 5.28. The van der Waals surface area contributed by atoms with Crippen LogP contribution in [-0.2, 0) is 0 Å². The molecule has 0 spiro atoms. The molecule has 0 aliphatic heterocycles. The van der Waals surface area contributed by atoms with Crippen molar-refractivity contribution in [3.63, 3.8) is 0 Å². The van der Waals surface area contributed by atoms with Crippen molar-refractivity contribution in [3.05, 3.63) is 0 Å². The van der Waals surface area contributed by atoms with Crippen LogP contribution in [0, 0.1) is 0 Å². The molecule has 0 fully saturated rings. The Labute approximate surface area is 36.8 Å². The normalized spacial score (nSPS) is 15.0. The van der Waals surface area contributed by atoms with Gasteiger partial charge < -0.3 is 0 Å². The van der Waals surface area contributed by atoms with Crippen LogP contribution in [0.25, 0.3) is 0 Å². The summed E-state index contributed by atoms with van der Waals surface area (Å²) in [6.07, 6.45) is 0.454. The zero-order valence-electron chi connectivity index (χ0n) is 3.07. The van der Waals surface area contributed by atoms with E-state index >= 15 is 0 Å². The van der Waals surface area contributed by atoms with E-state index in [1.807, 2.05) is 0 Å². The maximum atomic E-state index is 11.2. The SMILES string of the molecule is CC[C@@H](F)[S]. The summed E-state index contributed by atoms with van der Waals surface area (Å²) in [5, 5.41) is 0. The number of alkyl halides is 1. The highest BCUT2D eigenvalue weighted by molar-refractivity contribution is 7.80. The minimum absolute atomic E-state index is 0.454. The Bertz CT molecular complexity index is 20.9. The van der Waals surface area contributed by atoms with Crippen LogP contribution >= 0.6 is 12.6 Å². The van der Waals surface area contributed by atoms with Crippen molar-refractivity contribution in [1.82, 2.24) is 0 Å². The fourth-order valence-electron chi connectivity index (χ4n) is 0. The molecule has 0 nitrogen and oxygen atoms in total. The van der Waals surface area contributed by atoms with Gasteiger partial charge in [0.2, 0.25) is 0 Å². The van der Waals surface area contributed by atoms with E-state index in [-0.39, 0.29) is 0 Å². The van der Waals surface area contributed by atoms with Crippen LogP contribution in [0.2, 0.25) is 0 Å². The monoisotopic (exact) mass is 93.0 g/mol. The van der Waals surface area contributed by atoms with E-state index in [1.165, 1.54) is 0 Å². The summed E-state index contributed by atoms with van der Waals surface area (Å²) in [7, 11) is 0. The van der Waals surface area contributed by atoms with Gasteiger partial charge in [0.15, 0.2) is 5.50 Å². The van der Waals surface area contributed by atoms with Crippen LogP contribution < -0.4 is 0 Å². The van der Waals surface area contributed by atoms with Gasteiger partial charge in [-0.15, -0.1) is 0 Å². The summed E-state index contributed by atoms with van der Waals surface area (Å²) in [5.74, 6) is 0. The van der Waals surface area contributed by atoms with E-state index in [4.69, 9.17) is 0 Å². The van der Waals surface area contributed by atoms with Gasteiger partial charge in [0.1, 0.15) is 0 Å². The van der Waals surface area contributed by atoms with Crippen LogP contribution in [0.3, 0.4) is 0 Å². The molecule has 0 aliphatic rings. The maximum Gasteiger partial charge on any atom is 0.155 e.